The van der Waals surface area contributed by atoms with Crippen molar-refractivity contribution in [3.8, 4) is 11.5 Å². The van der Waals surface area contributed by atoms with Crippen LogP contribution in [-0.2, 0) is 0 Å². The second-order valence-electron chi connectivity index (χ2n) is 5.14. The van der Waals surface area contributed by atoms with Gasteiger partial charge in [-0.25, -0.2) is 4.39 Å². The van der Waals surface area contributed by atoms with Gasteiger partial charge in [-0.2, -0.15) is 0 Å². The fourth-order valence-electron chi connectivity index (χ4n) is 2.23. The summed E-state index contributed by atoms with van der Waals surface area (Å²) >= 11 is 0. The first-order chi connectivity index (χ1) is 10.2. The van der Waals surface area contributed by atoms with Crippen LogP contribution in [-0.4, -0.2) is 18.3 Å². The maximum absolute atomic E-state index is 14.0. The molecular formula is C17H17FO3. The van der Waals surface area contributed by atoms with Gasteiger partial charge in [-0.15, -0.1) is 0 Å². The average molecular weight is 288 g/mol. The normalized spacial score (nSPS) is 15.6. The van der Waals surface area contributed by atoms with E-state index < -0.39 is 11.9 Å². The molecule has 3 nitrogen and oxygen atoms in total. The number of ether oxygens (including phenoxy) is 2. The largest absolute Gasteiger partial charge is 0.496 e. The maximum Gasteiger partial charge on any atom is 0.133 e. The summed E-state index contributed by atoms with van der Waals surface area (Å²) in [5, 5.41) is 10.4. The van der Waals surface area contributed by atoms with E-state index in [4.69, 9.17) is 9.47 Å². The molecule has 0 aromatic heterocycles. The van der Waals surface area contributed by atoms with Crippen LogP contribution in [0.15, 0.2) is 42.5 Å². The Balaban J connectivity index is 1.85. The van der Waals surface area contributed by atoms with E-state index >= 15 is 0 Å². The van der Waals surface area contributed by atoms with Crippen molar-refractivity contribution in [2.24, 2.45) is 0 Å². The summed E-state index contributed by atoms with van der Waals surface area (Å²) in [7, 11) is 1.46. The summed E-state index contributed by atoms with van der Waals surface area (Å²) in [4.78, 5) is 0. The summed E-state index contributed by atoms with van der Waals surface area (Å²) in [5.41, 5.74) is 0.748. The van der Waals surface area contributed by atoms with Gasteiger partial charge in [0.2, 0.25) is 0 Å². The zero-order valence-corrected chi connectivity index (χ0v) is 11.8. The van der Waals surface area contributed by atoms with Gasteiger partial charge in [0, 0.05) is 0 Å². The van der Waals surface area contributed by atoms with Crippen LogP contribution in [0.2, 0.25) is 0 Å². The molecular weight excluding hydrogens is 271 g/mol. The Morgan fingerprint density at radius 3 is 2.48 bits per heavy atom. The predicted octanol–water partition coefficient (Wildman–Crippen LogP) is 3.46. The van der Waals surface area contributed by atoms with Crippen molar-refractivity contribution >= 4 is 0 Å². The van der Waals surface area contributed by atoms with Crippen LogP contribution >= 0.6 is 0 Å². The molecule has 1 aliphatic carbocycles. The van der Waals surface area contributed by atoms with Gasteiger partial charge in [0.25, 0.3) is 0 Å². The minimum atomic E-state index is -1.07. The molecule has 1 atom stereocenters. The van der Waals surface area contributed by atoms with Crippen LogP contribution in [0.3, 0.4) is 0 Å². The average Bonchev–Trinajstić information content (AvgIpc) is 3.31. The molecule has 0 heterocycles. The van der Waals surface area contributed by atoms with Crippen LogP contribution in [0.5, 0.6) is 11.5 Å². The summed E-state index contributed by atoms with van der Waals surface area (Å²) in [6.07, 6.45) is 1.44. The lowest BCUT2D eigenvalue weighted by Crippen LogP contribution is -2.05. The molecule has 4 heteroatoms. The van der Waals surface area contributed by atoms with Crippen molar-refractivity contribution in [1.82, 2.24) is 0 Å². The van der Waals surface area contributed by atoms with Gasteiger partial charge >= 0.3 is 0 Å². The highest BCUT2D eigenvalue weighted by Gasteiger charge is 2.24. The van der Waals surface area contributed by atoms with Gasteiger partial charge in [-0.05, 0) is 42.7 Å². The van der Waals surface area contributed by atoms with E-state index in [9.17, 15) is 9.50 Å². The van der Waals surface area contributed by atoms with Gasteiger partial charge < -0.3 is 14.6 Å². The Hall–Kier alpha value is -2.07. The third kappa shape index (κ3) is 3.00. The lowest BCUT2D eigenvalue weighted by molar-refractivity contribution is 0.208. The number of hydrogen-bond donors (Lipinski definition) is 1. The molecule has 0 aliphatic heterocycles. The van der Waals surface area contributed by atoms with Crippen molar-refractivity contribution in [3.05, 3.63) is 59.4 Å². The molecule has 0 spiro atoms. The molecule has 0 radical (unpaired) electrons. The SMILES string of the molecule is COc1cccc(F)c1C(O)c1ccc(OC2CC2)cc1. The summed E-state index contributed by atoms with van der Waals surface area (Å²) in [6.45, 7) is 0. The molecule has 1 saturated carbocycles. The molecule has 2 aromatic carbocycles. The van der Waals surface area contributed by atoms with Gasteiger partial charge in [0.05, 0.1) is 18.8 Å². The van der Waals surface area contributed by atoms with E-state index in [2.05, 4.69) is 0 Å². The molecule has 1 aliphatic rings. The monoisotopic (exact) mass is 288 g/mol. The van der Waals surface area contributed by atoms with E-state index in [0.29, 0.717) is 17.4 Å². The van der Waals surface area contributed by atoms with Crippen molar-refractivity contribution < 1.29 is 19.0 Å². The highest BCUT2D eigenvalue weighted by molar-refractivity contribution is 5.42. The molecule has 3 rings (SSSR count). The number of aliphatic hydroxyl groups is 1. The molecule has 1 fully saturated rings. The van der Waals surface area contributed by atoms with Gasteiger partial charge in [-0.1, -0.05) is 18.2 Å². The maximum atomic E-state index is 14.0. The van der Waals surface area contributed by atoms with Crippen LogP contribution in [0.25, 0.3) is 0 Å². The molecule has 0 bridgehead atoms. The number of rotatable bonds is 5. The number of halogens is 1. The first-order valence-corrected chi connectivity index (χ1v) is 6.96. The molecule has 1 N–H and O–H groups in total. The highest BCUT2D eigenvalue weighted by atomic mass is 19.1. The van der Waals surface area contributed by atoms with Gasteiger partial charge in [0.15, 0.2) is 0 Å². The summed E-state index contributed by atoms with van der Waals surface area (Å²) < 4.78 is 24.8. The fourth-order valence-corrected chi connectivity index (χ4v) is 2.23. The smallest absolute Gasteiger partial charge is 0.133 e. The molecule has 0 saturated heterocycles. The quantitative estimate of drug-likeness (QED) is 0.915. The first-order valence-electron chi connectivity index (χ1n) is 6.96. The summed E-state index contributed by atoms with van der Waals surface area (Å²) in [5.74, 6) is 0.620. The van der Waals surface area contributed by atoms with Crippen molar-refractivity contribution in [1.29, 1.82) is 0 Å². The van der Waals surface area contributed by atoms with Crippen molar-refractivity contribution in [3.63, 3.8) is 0 Å². The zero-order valence-electron chi connectivity index (χ0n) is 11.8. The Morgan fingerprint density at radius 2 is 1.86 bits per heavy atom. The Bertz CT molecular complexity index is 620. The minimum absolute atomic E-state index is 0.149. The van der Waals surface area contributed by atoms with Gasteiger partial charge in [0.1, 0.15) is 23.4 Å². The number of hydrogen-bond acceptors (Lipinski definition) is 3. The van der Waals surface area contributed by atoms with E-state index in [1.807, 2.05) is 0 Å². The van der Waals surface area contributed by atoms with Crippen LogP contribution in [0.1, 0.15) is 30.1 Å². The molecule has 0 amide bonds. The number of benzene rings is 2. The topological polar surface area (TPSA) is 38.7 Å². The Kier molecular flexibility index (Phi) is 3.80. The summed E-state index contributed by atoms with van der Waals surface area (Å²) in [6, 6.07) is 11.6. The molecule has 21 heavy (non-hydrogen) atoms. The minimum Gasteiger partial charge on any atom is -0.496 e. The van der Waals surface area contributed by atoms with Crippen molar-refractivity contribution in [2.75, 3.05) is 7.11 Å². The van der Waals surface area contributed by atoms with Crippen LogP contribution in [0, 0.1) is 5.82 Å². The second-order valence-corrected chi connectivity index (χ2v) is 5.14. The lowest BCUT2D eigenvalue weighted by atomic mass is 10.00. The van der Waals surface area contributed by atoms with E-state index in [0.717, 1.165) is 18.6 Å². The lowest BCUT2D eigenvalue weighted by Gasteiger charge is -2.16. The molecule has 2 aromatic rings. The van der Waals surface area contributed by atoms with E-state index in [1.54, 1.807) is 36.4 Å². The predicted molar refractivity (Wildman–Crippen MR) is 77.1 cm³/mol. The number of aliphatic hydroxyl groups excluding tert-OH is 1. The third-order valence-electron chi connectivity index (χ3n) is 3.53. The van der Waals surface area contributed by atoms with Crippen molar-refractivity contribution in [2.45, 2.75) is 25.0 Å². The standard InChI is InChI=1S/C17H17FO3/c1-20-15-4-2-3-14(18)16(15)17(19)11-5-7-12(8-6-11)21-13-9-10-13/h2-8,13,17,19H,9-10H2,1H3. The molecule has 110 valence electrons. The highest BCUT2D eigenvalue weighted by Crippen LogP contribution is 2.33. The second kappa shape index (κ2) is 5.74. The van der Waals surface area contributed by atoms with E-state index in [1.165, 1.54) is 13.2 Å². The number of methoxy groups -OCH3 is 1. The van der Waals surface area contributed by atoms with Crippen LogP contribution in [0.4, 0.5) is 4.39 Å². The van der Waals surface area contributed by atoms with Crippen LogP contribution < -0.4 is 9.47 Å². The fraction of sp³-hybridized carbons (Fsp3) is 0.294. The molecule has 1 unspecified atom stereocenters. The van der Waals surface area contributed by atoms with Gasteiger partial charge in [-0.3, -0.25) is 0 Å². The third-order valence-corrected chi connectivity index (χ3v) is 3.53. The Morgan fingerprint density at radius 1 is 1.14 bits per heavy atom. The zero-order chi connectivity index (χ0) is 14.8. The first kappa shape index (κ1) is 13.9. The Labute approximate surface area is 122 Å². The van der Waals surface area contributed by atoms with E-state index in [-0.39, 0.29) is 5.56 Å².